The van der Waals surface area contributed by atoms with Crippen LogP contribution < -0.4 is 0 Å². The Morgan fingerprint density at radius 1 is 1.26 bits per heavy atom. The van der Waals surface area contributed by atoms with Crippen molar-refractivity contribution in [3.05, 3.63) is 66.0 Å². The van der Waals surface area contributed by atoms with E-state index in [1.807, 2.05) is 54.6 Å². The molecule has 1 heterocycles. The molecule has 1 aromatic carbocycles. The van der Waals surface area contributed by atoms with Gasteiger partial charge in [0.2, 0.25) is 5.12 Å². The lowest BCUT2D eigenvalue weighted by Crippen LogP contribution is -2.24. The standard InChI is InChI=1S/C21H23O4PS/c22-16(7-8-17(23)13-26)12-25-18-9-6-15-10-19(14-4-2-1-3-5-14)21(24)27-20(15)11-18/h1-6,9-11,15-16,20,22H,7-8,12-13,26H2. The summed E-state index contributed by atoms with van der Waals surface area (Å²) in [5.74, 6) is 0.904. The lowest BCUT2D eigenvalue weighted by molar-refractivity contribution is -0.117. The number of hydrogen-bond acceptors (Lipinski definition) is 5. The van der Waals surface area contributed by atoms with Crippen LogP contribution >= 0.6 is 21.0 Å². The van der Waals surface area contributed by atoms with Crippen LogP contribution in [0, 0.1) is 5.92 Å². The van der Waals surface area contributed by atoms with Gasteiger partial charge in [-0.2, -0.15) is 0 Å². The van der Waals surface area contributed by atoms with Crippen molar-refractivity contribution in [2.24, 2.45) is 5.92 Å². The van der Waals surface area contributed by atoms with Crippen LogP contribution in [-0.2, 0) is 14.3 Å². The van der Waals surface area contributed by atoms with Gasteiger partial charge in [0.15, 0.2) is 0 Å². The number of thioether (sulfide) groups is 1. The maximum Gasteiger partial charge on any atom is 0.220 e. The fourth-order valence-corrected chi connectivity index (χ4v) is 4.28. The molecule has 0 fully saturated rings. The van der Waals surface area contributed by atoms with Crippen LogP contribution in [0.25, 0.3) is 5.57 Å². The average Bonchev–Trinajstić information content (AvgIpc) is 2.70. The highest BCUT2D eigenvalue weighted by Crippen LogP contribution is 2.39. The molecule has 3 rings (SSSR count). The second-order valence-electron chi connectivity index (χ2n) is 6.57. The van der Waals surface area contributed by atoms with Crippen LogP contribution in [0.3, 0.4) is 0 Å². The van der Waals surface area contributed by atoms with Gasteiger partial charge >= 0.3 is 0 Å². The van der Waals surface area contributed by atoms with Gasteiger partial charge in [-0.25, -0.2) is 0 Å². The highest BCUT2D eigenvalue weighted by Gasteiger charge is 2.31. The van der Waals surface area contributed by atoms with E-state index in [1.54, 1.807) is 0 Å². The van der Waals surface area contributed by atoms with Crippen molar-refractivity contribution in [2.45, 2.75) is 24.2 Å². The summed E-state index contributed by atoms with van der Waals surface area (Å²) in [5.41, 5.74) is 1.69. The number of aliphatic hydroxyl groups excluding tert-OH is 1. The Hall–Kier alpha value is -1.68. The molecule has 4 unspecified atom stereocenters. The zero-order valence-corrected chi connectivity index (χ0v) is 16.9. The largest absolute Gasteiger partial charge is 0.491 e. The van der Waals surface area contributed by atoms with Gasteiger partial charge in [0.1, 0.15) is 18.1 Å². The SMILES string of the molecule is O=C(CP)CCC(O)COC1=CC2SC(=O)C(c3ccccc3)=CC2C=C1. The summed E-state index contributed by atoms with van der Waals surface area (Å²) in [6, 6.07) is 9.70. The molecule has 0 spiro atoms. The lowest BCUT2D eigenvalue weighted by atomic mass is 9.94. The van der Waals surface area contributed by atoms with E-state index in [-0.39, 0.29) is 28.7 Å². The van der Waals surface area contributed by atoms with Gasteiger partial charge in [-0.15, -0.1) is 9.24 Å². The molecular weight excluding hydrogens is 379 g/mol. The molecule has 4 nitrogen and oxygen atoms in total. The molecule has 27 heavy (non-hydrogen) atoms. The average molecular weight is 402 g/mol. The number of carbonyl (C=O) groups is 2. The molecule has 2 aliphatic rings. The molecule has 4 atom stereocenters. The Labute approximate surface area is 166 Å². The fourth-order valence-electron chi connectivity index (χ4n) is 2.99. The van der Waals surface area contributed by atoms with Crippen molar-refractivity contribution < 1.29 is 19.4 Å². The van der Waals surface area contributed by atoms with Gasteiger partial charge in [-0.3, -0.25) is 9.59 Å². The molecule has 1 aromatic rings. The predicted molar refractivity (Wildman–Crippen MR) is 112 cm³/mol. The topological polar surface area (TPSA) is 63.6 Å². The number of carbonyl (C=O) groups excluding carboxylic acids is 2. The van der Waals surface area contributed by atoms with E-state index in [0.717, 1.165) is 11.1 Å². The Kier molecular flexibility index (Phi) is 7.06. The van der Waals surface area contributed by atoms with Gasteiger partial charge in [-0.1, -0.05) is 54.2 Å². The van der Waals surface area contributed by atoms with Gasteiger partial charge in [0, 0.05) is 29.3 Å². The first kappa shape index (κ1) is 20.1. The van der Waals surface area contributed by atoms with Crippen LogP contribution in [-0.4, -0.2) is 40.1 Å². The molecule has 0 aromatic heterocycles. The summed E-state index contributed by atoms with van der Waals surface area (Å²) in [7, 11) is 2.39. The first-order valence-electron chi connectivity index (χ1n) is 8.97. The maximum atomic E-state index is 12.5. The summed E-state index contributed by atoms with van der Waals surface area (Å²) in [6.45, 7) is 0.140. The minimum atomic E-state index is -0.678. The minimum Gasteiger partial charge on any atom is -0.491 e. The van der Waals surface area contributed by atoms with E-state index in [1.165, 1.54) is 11.8 Å². The Morgan fingerprint density at radius 2 is 2.04 bits per heavy atom. The molecule has 1 aliphatic heterocycles. The minimum absolute atomic E-state index is 0.000740. The molecule has 0 saturated heterocycles. The van der Waals surface area contributed by atoms with Crippen LogP contribution in [0.5, 0.6) is 0 Å². The van der Waals surface area contributed by atoms with Crippen LogP contribution in [0.1, 0.15) is 18.4 Å². The van der Waals surface area contributed by atoms with Gasteiger partial charge in [0.25, 0.3) is 0 Å². The van der Waals surface area contributed by atoms with Gasteiger partial charge in [-0.05, 0) is 24.1 Å². The first-order valence-corrected chi connectivity index (χ1v) is 10.7. The number of rotatable bonds is 8. The lowest BCUT2D eigenvalue weighted by Gasteiger charge is -2.28. The van der Waals surface area contributed by atoms with Crippen molar-refractivity contribution in [3.8, 4) is 0 Å². The number of hydrogen-bond donors (Lipinski definition) is 1. The number of fused-ring (bicyclic) bond motifs is 1. The van der Waals surface area contributed by atoms with Crippen LogP contribution in [0.15, 0.2) is 60.4 Å². The third-order valence-electron chi connectivity index (χ3n) is 4.52. The van der Waals surface area contributed by atoms with E-state index < -0.39 is 6.10 Å². The zero-order valence-electron chi connectivity index (χ0n) is 14.9. The molecule has 0 radical (unpaired) electrons. The summed E-state index contributed by atoms with van der Waals surface area (Å²) in [5, 5.41) is 10.0. The Bertz CT molecular complexity index is 785. The summed E-state index contributed by atoms with van der Waals surface area (Å²) >= 11 is 1.30. The second-order valence-corrected chi connectivity index (χ2v) is 8.13. The molecule has 6 heteroatoms. The second kappa shape index (κ2) is 9.50. The normalized spacial score (nSPS) is 22.5. The smallest absolute Gasteiger partial charge is 0.220 e. The van der Waals surface area contributed by atoms with Crippen molar-refractivity contribution in [1.29, 1.82) is 0 Å². The molecule has 142 valence electrons. The van der Waals surface area contributed by atoms with Crippen molar-refractivity contribution >= 4 is 37.5 Å². The number of Topliss-reactive ketones (excluding diaryl/α,β-unsaturated/α-hetero) is 1. The van der Waals surface area contributed by atoms with Crippen molar-refractivity contribution in [2.75, 3.05) is 12.8 Å². The first-order chi connectivity index (χ1) is 13.1. The molecule has 0 saturated carbocycles. The number of ether oxygens (including phenoxy) is 1. The van der Waals surface area contributed by atoms with Crippen LogP contribution in [0.2, 0.25) is 0 Å². The van der Waals surface area contributed by atoms with Crippen molar-refractivity contribution in [3.63, 3.8) is 0 Å². The van der Waals surface area contributed by atoms with E-state index in [4.69, 9.17) is 4.74 Å². The Balaban J connectivity index is 1.58. The highest BCUT2D eigenvalue weighted by atomic mass is 32.2. The number of ketones is 1. The number of aliphatic hydroxyl groups is 1. The molecule has 0 amide bonds. The van der Waals surface area contributed by atoms with E-state index in [0.29, 0.717) is 24.8 Å². The molecule has 1 N–H and O–H groups in total. The number of benzene rings is 1. The summed E-state index contributed by atoms with van der Waals surface area (Å²) in [4.78, 5) is 23.8. The fraction of sp³-hybridized carbons (Fsp3) is 0.333. The number of allylic oxidation sites excluding steroid dienone is 3. The molecule has 0 bridgehead atoms. The maximum absolute atomic E-state index is 12.5. The van der Waals surface area contributed by atoms with Gasteiger partial charge in [0.05, 0.1) is 6.10 Å². The van der Waals surface area contributed by atoms with Gasteiger partial charge < -0.3 is 9.84 Å². The third-order valence-corrected chi connectivity index (χ3v) is 6.14. The predicted octanol–water partition coefficient (Wildman–Crippen LogP) is 3.38. The Morgan fingerprint density at radius 3 is 2.78 bits per heavy atom. The highest BCUT2D eigenvalue weighted by molar-refractivity contribution is 8.15. The quantitative estimate of drug-likeness (QED) is 0.676. The van der Waals surface area contributed by atoms with Crippen LogP contribution in [0.4, 0.5) is 0 Å². The summed E-state index contributed by atoms with van der Waals surface area (Å²) < 4.78 is 5.67. The van der Waals surface area contributed by atoms with E-state index >= 15 is 0 Å². The van der Waals surface area contributed by atoms with Crippen molar-refractivity contribution in [1.82, 2.24) is 0 Å². The summed E-state index contributed by atoms with van der Waals surface area (Å²) in [6.07, 6.45) is 8.36. The van der Waals surface area contributed by atoms with E-state index in [9.17, 15) is 14.7 Å². The molecular formula is C21H23O4PS. The monoisotopic (exact) mass is 402 g/mol. The zero-order chi connectivity index (χ0) is 19.2. The van der Waals surface area contributed by atoms with E-state index in [2.05, 4.69) is 9.24 Å². The third kappa shape index (κ3) is 5.41. The molecule has 1 aliphatic carbocycles.